The maximum absolute atomic E-state index is 11.6. The number of aryl methyl sites for hydroxylation is 1. The molecular formula is C11H9ClN2O2. The highest BCUT2D eigenvalue weighted by molar-refractivity contribution is 6.31. The Labute approximate surface area is 97.2 Å². The third kappa shape index (κ3) is 2.23. The summed E-state index contributed by atoms with van der Waals surface area (Å²) in [7, 11) is 0. The molecule has 5 heteroatoms. The molecule has 0 aliphatic heterocycles. The lowest BCUT2D eigenvalue weighted by Gasteiger charge is -2.04. The van der Waals surface area contributed by atoms with E-state index in [0.29, 0.717) is 10.7 Å². The maximum Gasteiger partial charge on any atom is 0.277 e. The van der Waals surface area contributed by atoms with E-state index >= 15 is 0 Å². The van der Waals surface area contributed by atoms with Gasteiger partial charge < -0.3 is 9.73 Å². The average molecular weight is 237 g/mol. The minimum absolute atomic E-state index is 0.233. The van der Waals surface area contributed by atoms with E-state index < -0.39 is 0 Å². The minimum Gasteiger partial charge on any atom is -0.451 e. The van der Waals surface area contributed by atoms with Crippen molar-refractivity contribution < 1.29 is 9.21 Å². The molecule has 4 nitrogen and oxygen atoms in total. The van der Waals surface area contributed by atoms with Crippen LogP contribution in [0.25, 0.3) is 0 Å². The van der Waals surface area contributed by atoms with Crippen molar-refractivity contribution in [3.05, 3.63) is 47.1 Å². The Bertz CT molecular complexity index is 509. The van der Waals surface area contributed by atoms with Gasteiger partial charge in [0.15, 0.2) is 12.1 Å². The summed E-state index contributed by atoms with van der Waals surface area (Å²) in [4.78, 5) is 15.3. The van der Waals surface area contributed by atoms with Crippen LogP contribution in [0.1, 0.15) is 16.1 Å². The van der Waals surface area contributed by atoms with E-state index in [1.54, 1.807) is 12.1 Å². The Morgan fingerprint density at radius 2 is 2.31 bits per heavy atom. The molecule has 0 atom stereocenters. The molecule has 0 aliphatic rings. The van der Waals surface area contributed by atoms with Crippen LogP contribution in [0.15, 0.2) is 35.3 Å². The number of aromatic nitrogens is 1. The second-order valence-corrected chi connectivity index (χ2v) is 3.70. The first-order chi connectivity index (χ1) is 7.66. The number of anilines is 1. The molecule has 0 aliphatic carbocycles. The molecule has 16 heavy (non-hydrogen) atoms. The van der Waals surface area contributed by atoms with Crippen molar-refractivity contribution in [2.45, 2.75) is 6.92 Å². The average Bonchev–Trinajstić information content (AvgIpc) is 2.77. The van der Waals surface area contributed by atoms with Gasteiger partial charge in [0.1, 0.15) is 6.26 Å². The molecule has 1 N–H and O–H groups in total. The molecule has 0 bridgehead atoms. The van der Waals surface area contributed by atoms with Gasteiger partial charge in [-0.15, -0.1) is 0 Å². The van der Waals surface area contributed by atoms with E-state index in [9.17, 15) is 4.79 Å². The molecule has 82 valence electrons. The minimum atomic E-state index is -0.325. The van der Waals surface area contributed by atoms with E-state index in [-0.39, 0.29) is 11.6 Å². The highest BCUT2D eigenvalue weighted by atomic mass is 35.5. The number of amides is 1. The summed E-state index contributed by atoms with van der Waals surface area (Å²) >= 11 is 5.94. The van der Waals surface area contributed by atoms with Crippen molar-refractivity contribution in [2.24, 2.45) is 0 Å². The number of benzene rings is 1. The molecule has 1 aromatic carbocycles. The van der Waals surface area contributed by atoms with Crippen molar-refractivity contribution in [1.29, 1.82) is 0 Å². The fraction of sp³-hybridized carbons (Fsp3) is 0.0909. The third-order valence-electron chi connectivity index (χ3n) is 2.09. The lowest BCUT2D eigenvalue weighted by Crippen LogP contribution is -2.12. The van der Waals surface area contributed by atoms with Gasteiger partial charge in [0, 0.05) is 10.7 Å². The van der Waals surface area contributed by atoms with Crippen molar-refractivity contribution in [3.8, 4) is 0 Å². The van der Waals surface area contributed by atoms with Gasteiger partial charge in [-0.2, -0.15) is 0 Å². The van der Waals surface area contributed by atoms with E-state index in [1.165, 1.54) is 12.7 Å². The number of rotatable bonds is 2. The highest BCUT2D eigenvalue weighted by Gasteiger charge is 2.09. The third-order valence-corrected chi connectivity index (χ3v) is 2.50. The van der Waals surface area contributed by atoms with E-state index in [2.05, 4.69) is 10.3 Å². The van der Waals surface area contributed by atoms with Crippen LogP contribution in [0.3, 0.4) is 0 Å². The van der Waals surface area contributed by atoms with Gasteiger partial charge in [-0.05, 0) is 24.6 Å². The predicted octanol–water partition coefficient (Wildman–Crippen LogP) is 2.89. The number of hydrogen-bond donors (Lipinski definition) is 1. The van der Waals surface area contributed by atoms with Gasteiger partial charge in [0.05, 0.1) is 0 Å². The molecule has 1 amide bonds. The normalized spacial score (nSPS) is 10.1. The maximum atomic E-state index is 11.6. The first kappa shape index (κ1) is 10.7. The summed E-state index contributed by atoms with van der Waals surface area (Å²) in [6, 6.07) is 5.30. The Kier molecular flexibility index (Phi) is 2.92. The fourth-order valence-electron chi connectivity index (χ4n) is 1.19. The Morgan fingerprint density at radius 3 is 2.94 bits per heavy atom. The molecule has 0 radical (unpaired) electrons. The number of nitrogens with one attached hydrogen (secondary N) is 1. The van der Waals surface area contributed by atoms with E-state index in [4.69, 9.17) is 16.0 Å². The van der Waals surface area contributed by atoms with Crippen LogP contribution in [0.4, 0.5) is 5.69 Å². The largest absolute Gasteiger partial charge is 0.451 e. The first-order valence-electron chi connectivity index (χ1n) is 4.62. The molecule has 0 spiro atoms. The van der Waals surface area contributed by atoms with Gasteiger partial charge in [0.2, 0.25) is 0 Å². The van der Waals surface area contributed by atoms with Gasteiger partial charge in [0.25, 0.3) is 5.91 Å². The van der Waals surface area contributed by atoms with Crippen LogP contribution in [0.5, 0.6) is 0 Å². The van der Waals surface area contributed by atoms with Gasteiger partial charge in [-0.25, -0.2) is 4.98 Å². The second kappa shape index (κ2) is 4.37. The zero-order chi connectivity index (χ0) is 11.5. The molecule has 1 heterocycles. The molecular weight excluding hydrogens is 228 g/mol. The molecule has 0 fully saturated rings. The molecule has 0 saturated carbocycles. The quantitative estimate of drug-likeness (QED) is 0.872. The Balaban J connectivity index is 2.15. The molecule has 0 saturated heterocycles. The summed E-state index contributed by atoms with van der Waals surface area (Å²) in [6.07, 6.45) is 2.49. The first-order valence-corrected chi connectivity index (χ1v) is 5.00. The van der Waals surface area contributed by atoms with Crippen molar-refractivity contribution in [1.82, 2.24) is 4.98 Å². The number of hydrogen-bond acceptors (Lipinski definition) is 3. The van der Waals surface area contributed by atoms with Crippen LogP contribution < -0.4 is 5.32 Å². The highest BCUT2D eigenvalue weighted by Crippen LogP contribution is 2.20. The van der Waals surface area contributed by atoms with Crippen LogP contribution in [-0.4, -0.2) is 10.9 Å². The fourth-order valence-corrected chi connectivity index (χ4v) is 1.37. The molecule has 0 unspecified atom stereocenters. The Hall–Kier alpha value is -1.81. The van der Waals surface area contributed by atoms with Gasteiger partial charge >= 0.3 is 0 Å². The van der Waals surface area contributed by atoms with E-state index in [0.717, 1.165) is 5.56 Å². The second-order valence-electron chi connectivity index (χ2n) is 3.29. The predicted molar refractivity (Wildman–Crippen MR) is 60.6 cm³/mol. The molecule has 1 aromatic heterocycles. The smallest absolute Gasteiger partial charge is 0.277 e. The van der Waals surface area contributed by atoms with Crippen LogP contribution in [0.2, 0.25) is 5.02 Å². The van der Waals surface area contributed by atoms with Crippen LogP contribution in [0, 0.1) is 6.92 Å². The SMILES string of the molecule is Cc1ccc(NC(=O)c2cocn2)cc1Cl. The zero-order valence-electron chi connectivity index (χ0n) is 8.53. The van der Waals surface area contributed by atoms with Crippen molar-refractivity contribution in [3.63, 3.8) is 0 Å². The van der Waals surface area contributed by atoms with Crippen molar-refractivity contribution in [2.75, 3.05) is 5.32 Å². The summed E-state index contributed by atoms with van der Waals surface area (Å²) < 4.78 is 4.72. The number of halogens is 1. The topological polar surface area (TPSA) is 55.1 Å². The molecule has 2 rings (SSSR count). The number of oxazole rings is 1. The number of nitrogens with zero attached hydrogens (tertiary/aromatic N) is 1. The van der Waals surface area contributed by atoms with Gasteiger partial charge in [-0.3, -0.25) is 4.79 Å². The monoisotopic (exact) mass is 236 g/mol. The van der Waals surface area contributed by atoms with Crippen LogP contribution >= 0.6 is 11.6 Å². The number of carbonyl (C=O) groups excluding carboxylic acids is 1. The number of carbonyl (C=O) groups is 1. The standard InChI is InChI=1S/C11H9ClN2O2/c1-7-2-3-8(4-9(7)12)14-11(15)10-5-16-6-13-10/h2-6H,1H3,(H,14,15). The zero-order valence-corrected chi connectivity index (χ0v) is 9.28. The Morgan fingerprint density at radius 1 is 1.50 bits per heavy atom. The molecule has 2 aromatic rings. The van der Waals surface area contributed by atoms with Crippen LogP contribution in [-0.2, 0) is 0 Å². The summed E-state index contributed by atoms with van der Waals surface area (Å²) in [5.74, 6) is -0.325. The van der Waals surface area contributed by atoms with Crippen molar-refractivity contribution >= 4 is 23.2 Å². The lowest BCUT2D eigenvalue weighted by atomic mass is 10.2. The summed E-state index contributed by atoms with van der Waals surface area (Å²) in [6.45, 7) is 1.89. The van der Waals surface area contributed by atoms with Gasteiger partial charge in [-0.1, -0.05) is 17.7 Å². The summed E-state index contributed by atoms with van der Waals surface area (Å²) in [5, 5.41) is 3.28. The van der Waals surface area contributed by atoms with E-state index in [1.807, 2.05) is 13.0 Å². The lowest BCUT2D eigenvalue weighted by molar-refractivity contribution is 0.102. The summed E-state index contributed by atoms with van der Waals surface area (Å²) in [5.41, 5.74) is 1.82.